The standard InChI is InChI=1S/C12H17ClN2O2S/c1-9(14)11-3-2-10(8-12(11)13)15-4-6-18(16,17)7-5-15/h2-3,8-9H,4-7,14H2,1H3. The predicted octanol–water partition coefficient (Wildman–Crippen LogP) is 1.59. The van der Waals surface area contributed by atoms with Crippen molar-refractivity contribution in [2.24, 2.45) is 5.73 Å². The normalized spacial score (nSPS) is 20.7. The fourth-order valence-corrected chi connectivity index (χ4v) is 3.60. The molecule has 4 nitrogen and oxygen atoms in total. The van der Waals surface area contributed by atoms with Gasteiger partial charge < -0.3 is 10.6 Å². The second-order valence-electron chi connectivity index (χ2n) is 4.63. The van der Waals surface area contributed by atoms with Crippen LogP contribution in [0.3, 0.4) is 0 Å². The molecule has 0 radical (unpaired) electrons. The van der Waals surface area contributed by atoms with Crippen LogP contribution in [0, 0.1) is 0 Å². The Bertz CT molecular complexity index is 529. The third kappa shape index (κ3) is 2.96. The van der Waals surface area contributed by atoms with Gasteiger partial charge in [-0.25, -0.2) is 8.42 Å². The van der Waals surface area contributed by atoms with E-state index in [1.54, 1.807) is 0 Å². The number of anilines is 1. The van der Waals surface area contributed by atoms with Gasteiger partial charge in [-0.2, -0.15) is 0 Å². The van der Waals surface area contributed by atoms with E-state index >= 15 is 0 Å². The molecule has 1 fully saturated rings. The van der Waals surface area contributed by atoms with Crippen molar-refractivity contribution >= 4 is 27.1 Å². The maximum absolute atomic E-state index is 11.4. The second kappa shape index (κ2) is 5.07. The highest BCUT2D eigenvalue weighted by Gasteiger charge is 2.22. The Hall–Kier alpha value is -0.780. The SMILES string of the molecule is CC(N)c1ccc(N2CCS(=O)(=O)CC2)cc1Cl. The molecule has 1 aromatic carbocycles. The number of hydrogen-bond donors (Lipinski definition) is 1. The van der Waals surface area contributed by atoms with Gasteiger partial charge in [-0.3, -0.25) is 0 Å². The molecule has 1 aliphatic heterocycles. The number of hydrogen-bond acceptors (Lipinski definition) is 4. The lowest BCUT2D eigenvalue weighted by Gasteiger charge is -2.29. The molecule has 6 heteroatoms. The Morgan fingerprint density at radius 1 is 1.33 bits per heavy atom. The van der Waals surface area contributed by atoms with Crippen LogP contribution in [0.4, 0.5) is 5.69 Å². The van der Waals surface area contributed by atoms with Crippen LogP contribution in [-0.4, -0.2) is 33.0 Å². The van der Waals surface area contributed by atoms with E-state index in [0.717, 1.165) is 11.3 Å². The summed E-state index contributed by atoms with van der Waals surface area (Å²) in [6.45, 7) is 2.93. The summed E-state index contributed by atoms with van der Waals surface area (Å²) in [5.74, 6) is 0.416. The fourth-order valence-electron chi connectivity index (χ4n) is 2.05. The third-order valence-electron chi connectivity index (χ3n) is 3.18. The number of halogens is 1. The van der Waals surface area contributed by atoms with Crippen molar-refractivity contribution in [3.8, 4) is 0 Å². The zero-order valence-electron chi connectivity index (χ0n) is 10.3. The van der Waals surface area contributed by atoms with Crippen molar-refractivity contribution in [3.63, 3.8) is 0 Å². The average Bonchev–Trinajstić information content (AvgIpc) is 2.28. The molecule has 0 amide bonds. The van der Waals surface area contributed by atoms with Crippen molar-refractivity contribution in [2.75, 3.05) is 29.5 Å². The molecule has 1 atom stereocenters. The molecule has 0 aromatic heterocycles. The summed E-state index contributed by atoms with van der Waals surface area (Å²) in [6, 6.07) is 5.61. The zero-order valence-corrected chi connectivity index (χ0v) is 11.8. The highest BCUT2D eigenvalue weighted by atomic mass is 35.5. The van der Waals surface area contributed by atoms with E-state index in [1.165, 1.54) is 0 Å². The van der Waals surface area contributed by atoms with E-state index in [-0.39, 0.29) is 17.5 Å². The number of sulfone groups is 1. The Kier molecular flexibility index (Phi) is 3.84. The minimum absolute atomic E-state index is 0.103. The number of nitrogens with zero attached hydrogens (tertiary/aromatic N) is 1. The van der Waals surface area contributed by atoms with Crippen LogP contribution in [-0.2, 0) is 9.84 Å². The molecule has 18 heavy (non-hydrogen) atoms. The third-order valence-corrected chi connectivity index (χ3v) is 5.12. The van der Waals surface area contributed by atoms with Crippen molar-refractivity contribution in [1.82, 2.24) is 0 Å². The Balaban J connectivity index is 2.18. The molecule has 1 unspecified atom stereocenters. The van der Waals surface area contributed by atoms with Crippen molar-refractivity contribution in [1.29, 1.82) is 0 Å². The van der Waals surface area contributed by atoms with E-state index in [2.05, 4.69) is 0 Å². The number of benzene rings is 1. The van der Waals surface area contributed by atoms with Gasteiger partial charge in [-0.1, -0.05) is 17.7 Å². The van der Waals surface area contributed by atoms with Gasteiger partial charge in [-0.05, 0) is 24.6 Å². The molecule has 100 valence electrons. The monoisotopic (exact) mass is 288 g/mol. The molecule has 1 saturated heterocycles. The Morgan fingerprint density at radius 2 is 1.94 bits per heavy atom. The molecule has 1 aliphatic rings. The van der Waals surface area contributed by atoms with Gasteiger partial charge in [-0.15, -0.1) is 0 Å². The summed E-state index contributed by atoms with van der Waals surface area (Å²) in [4.78, 5) is 2.04. The molecule has 2 rings (SSSR count). The van der Waals surface area contributed by atoms with Gasteiger partial charge in [0.15, 0.2) is 9.84 Å². The first kappa shape index (κ1) is 13.6. The van der Waals surface area contributed by atoms with Crippen LogP contribution in [0.25, 0.3) is 0 Å². The first-order valence-corrected chi connectivity index (χ1v) is 8.09. The van der Waals surface area contributed by atoms with Crippen LogP contribution in [0.1, 0.15) is 18.5 Å². The maximum atomic E-state index is 11.4. The molecular formula is C12H17ClN2O2S. The molecule has 0 spiro atoms. The molecule has 1 aromatic rings. The molecule has 1 heterocycles. The predicted molar refractivity (Wildman–Crippen MR) is 74.9 cm³/mol. The summed E-state index contributed by atoms with van der Waals surface area (Å²) in [5.41, 5.74) is 7.67. The van der Waals surface area contributed by atoms with Crippen LogP contribution in [0.2, 0.25) is 5.02 Å². The van der Waals surface area contributed by atoms with Gasteiger partial charge >= 0.3 is 0 Å². The van der Waals surface area contributed by atoms with Crippen LogP contribution >= 0.6 is 11.6 Å². The van der Waals surface area contributed by atoms with Crippen molar-refractivity contribution in [2.45, 2.75) is 13.0 Å². The minimum atomic E-state index is -2.85. The quantitative estimate of drug-likeness (QED) is 0.898. The zero-order chi connectivity index (χ0) is 13.3. The summed E-state index contributed by atoms with van der Waals surface area (Å²) in [5, 5.41) is 0.635. The summed E-state index contributed by atoms with van der Waals surface area (Å²) in [6.07, 6.45) is 0. The number of rotatable bonds is 2. The van der Waals surface area contributed by atoms with E-state index < -0.39 is 9.84 Å². The Labute approximate surface area is 113 Å². The van der Waals surface area contributed by atoms with Crippen molar-refractivity contribution < 1.29 is 8.42 Å². The first-order valence-electron chi connectivity index (χ1n) is 5.89. The van der Waals surface area contributed by atoms with Crippen molar-refractivity contribution in [3.05, 3.63) is 28.8 Å². The summed E-state index contributed by atoms with van der Waals surface area (Å²) < 4.78 is 22.7. The average molecular weight is 289 g/mol. The molecule has 0 saturated carbocycles. The number of nitrogens with two attached hydrogens (primary N) is 1. The van der Waals surface area contributed by atoms with Crippen LogP contribution in [0.5, 0.6) is 0 Å². The first-order chi connectivity index (χ1) is 8.39. The molecule has 2 N–H and O–H groups in total. The second-order valence-corrected chi connectivity index (χ2v) is 7.34. The molecule has 0 bridgehead atoms. The van der Waals surface area contributed by atoms with E-state index in [0.29, 0.717) is 18.1 Å². The van der Waals surface area contributed by atoms with Crippen LogP contribution in [0.15, 0.2) is 18.2 Å². The largest absolute Gasteiger partial charge is 0.369 e. The fraction of sp³-hybridized carbons (Fsp3) is 0.500. The van der Waals surface area contributed by atoms with Gasteiger partial charge in [0.1, 0.15) is 0 Å². The van der Waals surface area contributed by atoms with E-state index in [9.17, 15) is 8.42 Å². The lowest BCUT2D eigenvalue weighted by molar-refractivity contribution is 0.587. The minimum Gasteiger partial charge on any atom is -0.369 e. The highest BCUT2D eigenvalue weighted by Crippen LogP contribution is 2.27. The smallest absolute Gasteiger partial charge is 0.153 e. The maximum Gasteiger partial charge on any atom is 0.153 e. The topological polar surface area (TPSA) is 63.4 Å². The van der Waals surface area contributed by atoms with Crippen LogP contribution < -0.4 is 10.6 Å². The summed E-state index contributed by atoms with van der Waals surface area (Å²) in [7, 11) is -2.85. The highest BCUT2D eigenvalue weighted by molar-refractivity contribution is 7.91. The van der Waals surface area contributed by atoms with E-state index in [1.807, 2.05) is 30.0 Å². The van der Waals surface area contributed by atoms with E-state index in [4.69, 9.17) is 17.3 Å². The molecular weight excluding hydrogens is 272 g/mol. The van der Waals surface area contributed by atoms with Gasteiger partial charge in [0.2, 0.25) is 0 Å². The van der Waals surface area contributed by atoms with Gasteiger partial charge in [0, 0.05) is 29.8 Å². The van der Waals surface area contributed by atoms with Gasteiger partial charge in [0.25, 0.3) is 0 Å². The Morgan fingerprint density at radius 3 is 2.44 bits per heavy atom. The lowest BCUT2D eigenvalue weighted by atomic mass is 10.1. The summed E-state index contributed by atoms with van der Waals surface area (Å²) >= 11 is 6.17. The molecule has 0 aliphatic carbocycles. The van der Waals surface area contributed by atoms with Gasteiger partial charge in [0.05, 0.1) is 11.5 Å². The lowest BCUT2D eigenvalue weighted by Crippen LogP contribution is -2.40.